The number of carbonyl (C=O) groups excluding carboxylic acids is 1. The average molecular weight is 388 g/mol. The first-order valence-electron chi connectivity index (χ1n) is 9.59. The van der Waals surface area contributed by atoms with Gasteiger partial charge in [-0.2, -0.15) is 0 Å². The molecule has 0 saturated heterocycles. The lowest BCUT2D eigenvalue weighted by molar-refractivity contribution is -0.137. The number of hydrogen-bond acceptors (Lipinski definition) is 5. The molecule has 0 heterocycles. The normalized spacial score (nSPS) is 23.5. The van der Waals surface area contributed by atoms with Crippen LogP contribution in [-0.2, 0) is 9.59 Å². The van der Waals surface area contributed by atoms with Crippen LogP contribution in [0.1, 0.15) is 32.1 Å². The SMILES string of the molecule is O=C(O)CCCC=CCC1C(=O)C[C@@H](O)[C@@H]1C=C[C@@H](O)COc1ccccc1. The molecule has 1 aliphatic rings. The van der Waals surface area contributed by atoms with E-state index in [2.05, 4.69) is 0 Å². The number of hydrogen-bond donors (Lipinski definition) is 3. The van der Waals surface area contributed by atoms with E-state index in [1.54, 1.807) is 24.3 Å². The number of aliphatic hydroxyl groups is 2. The number of carbonyl (C=O) groups is 2. The van der Waals surface area contributed by atoms with Crippen molar-refractivity contribution in [3.63, 3.8) is 0 Å². The van der Waals surface area contributed by atoms with E-state index in [1.807, 2.05) is 30.4 Å². The first-order chi connectivity index (χ1) is 13.5. The van der Waals surface area contributed by atoms with Crippen LogP contribution < -0.4 is 4.74 Å². The minimum absolute atomic E-state index is 0.00682. The zero-order valence-electron chi connectivity index (χ0n) is 15.8. The number of aliphatic hydroxyl groups excluding tert-OH is 2. The zero-order chi connectivity index (χ0) is 20.4. The molecule has 0 bridgehead atoms. The van der Waals surface area contributed by atoms with E-state index in [0.29, 0.717) is 25.0 Å². The van der Waals surface area contributed by atoms with Crippen molar-refractivity contribution >= 4 is 11.8 Å². The molecule has 1 aromatic rings. The van der Waals surface area contributed by atoms with Crippen LogP contribution in [0.5, 0.6) is 5.75 Å². The third-order valence-corrected chi connectivity index (χ3v) is 4.77. The number of allylic oxidation sites excluding steroid dienone is 2. The zero-order valence-corrected chi connectivity index (χ0v) is 15.8. The Morgan fingerprint density at radius 2 is 2.00 bits per heavy atom. The molecule has 6 heteroatoms. The number of ether oxygens (including phenoxy) is 1. The van der Waals surface area contributed by atoms with Crippen LogP contribution >= 0.6 is 0 Å². The molecule has 1 unspecified atom stereocenters. The highest BCUT2D eigenvalue weighted by Crippen LogP contribution is 2.33. The summed E-state index contributed by atoms with van der Waals surface area (Å²) in [5.41, 5.74) is 0. The minimum atomic E-state index is -0.838. The summed E-state index contributed by atoms with van der Waals surface area (Å²) in [6.07, 6.45) is 7.37. The van der Waals surface area contributed by atoms with Crippen LogP contribution in [0.15, 0.2) is 54.6 Å². The van der Waals surface area contributed by atoms with Crippen molar-refractivity contribution in [3.05, 3.63) is 54.6 Å². The lowest BCUT2D eigenvalue weighted by Gasteiger charge is -2.17. The van der Waals surface area contributed by atoms with Gasteiger partial charge in [0.1, 0.15) is 24.2 Å². The Kier molecular flexibility index (Phi) is 8.91. The summed E-state index contributed by atoms with van der Waals surface area (Å²) >= 11 is 0. The van der Waals surface area contributed by atoms with Crippen molar-refractivity contribution in [1.29, 1.82) is 0 Å². The van der Waals surface area contributed by atoms with E-state index < -0.39 is 18.2 Å². The molecule has 0 aliphatic heterocycles. The number of unbranched alkanes of at least 4 members (excludes halogenated alkanes) is 1. The fourth-order valence-electron chi connectivity index (χ4n) is 3.27. The summed E-state index contributed by atoms with van der Waals surface area (Å²) in [5, 5.41) is 28.9. The fourth-order valence-corrected chi connectivity index (χ4v) is 3.27. The topological polar surface area (TPSA) is 104 Å². The summed E-state index contributed by atoms with van der Waals surface area (Å²) in [7, 11) is 0. The second-order valence-electron chi connectivity index (χ2n) is 6.99. The summed E-state index contributed by atoms with van der Waals surface area (Å²) in [5.74, 6) is -0.821. The summed E-state index contributed by atoms with van der Waals surface area (Å²) in [6.45, 7) is 0.0887. The predicted molar refractivity (Wildman–Crippen MR) is 105 cm³/mol. The van der Waals surface area contributed by atoms with Crippen molar-refractivity contribution in [3.8, 4) is 5.75 Å². The highest BCUT2D eigenvalue weighted by molar-refractivity contribution is 5.84. The molecule has 3 N–H and O–H groups in total. The summed E-state index contributed by atoms with van der Waals surface area (Å²) in [6, 6.07) is 9.17. The van der Waals surface area contributed by atoms with Gasteiger partial charge in [0.2, 0.25) is 0 Å². The Labute approximate surface area is 165 Å². The van der Waals surface area contributed by atoms with Gasteiger partial charge in [0.05, 0.1) is 6.10 Å². The summed E-state index contributed by atoms with van der Waals surface area (Å²) in [4.78, 5) is 22.7. The lowest BCUT2D eigenvalue weighted by atomic mass is 9.90. The molecule has 0 radical (unpaired) electrons. The predicted octanol–water partition coefficient (Wildman–Crippen LogP) is 2.75. The average Bonchev–Trinajstić information content (AvgIpc) is 2.94. The molecule has 2 rings (SSSR count). The van der Waals surface area contributed by atoms with E-state index >= 15 is 0 Å². The van der Waals surface area contributed by atoms with Crippen LogP contribution in [0.4, 0.5) is 0 Å². The highest BCUT2D eigenvalue weighted by Gasteiger charge is 2.39. The van der Waals surface area contributed by atoms with Gasteiger partial charge in [-0.25, -0.2) is 0 Å². The standard InChI is InChI=1S/C22H28O6/c23-16(15-28-17-8-4-3-5-9-17)12-13-19-18(20(24)14-21(19)25)10-6-1-2-7-11-22(26)27/h1,3-6,8-9,12-13,16,18-19,21,23,25H,2,7,10-11,14-15H2,(H,26,27)/t16-,18?,19-,21-/m1/s1. The second-order valence-corrected chi connectivity index (χ2v) is 6.99. The molecular weight excluding hydrogens is 360 g/mol. The quantitative estimate of drug-likeness (QED) is 0.398. The Morgan fingerprint density at radius 1 is 1.25 bits per heavy atom. The van der Waals surface area contributed by atoms with Gasteiger partial charge in [0.25, 0.3) is 0 Å². The highest BCUT2D eigenvalue weighted by atomic mass is 16.5. The third kappa shape index (κ3) is 7.29. The molecule has 152 valence electrons. The van der Waals surface area contributed by atoms with Crippen molar-refractivity contribution in [1.82, 2.24) is 0 Å². The Hall–Kier alpha value is -2.44. The molecule has 0 aromatic heterocycles. The Bertz CT molecular complexity index is 682. The van der Waals surface area contributed by atoms with Crippen molar-refractivity contribution < 1.29 is 29.6 Å². The number of para-hydroxylation sites is 1. The molecule has 1 saturated carbocycles. The van der Waals surface area contributed by atoms with Gasteiger partial charge >= 0.3 is 5.97 Å². The van der Waals surface area contributed by atoms with Crippen molar-refractivity contribution in [2.24, 2.45) is 11.8 Å². The third-order valence-electron chi connectivity index (χ3n) is 4.77. The van der Waals surface area contributed by atoms with E-state index in [9.17, 15) is 19.8 Å². The van der Waals surface area contributed by atoms with E-state index in [0.717, 1.165) is 0 Å². The van der Waals surface area contributed by atoms with Gasteiger partial charge in [0.15, 0.2) is 0 Å². The van der Waals surface area contributed by atoms with Crippen LogP contribution in [0.3, 0.4) is 0 Å². The Morgan fingerprint density at radius 3 is 2.71 bits per heavy atom. The number of benzene rings is 1. The molecule has 0 amide bonds. The lowest BCUT2D eigenvalue weighted by Crippen LogP contribution is -2.20. The fraction of sp³-hybridized carbons (Fsp3) is 0.455. The molecule has 4 atom stereocenters. The van der Waals surface area contributed by atoms with Crippen LogP contribution in [0.25, 0.3) is 0 Å². The molecule has 1 fully saturated rings. The molecular formula is C22H28O6. The number of Topliss-reactive ketones (excluding diaryl/α,β-unsaturated/α-hetero) is 1. The van der Waals surface area contributed by atoms with Gasteiger partial charge in [-0.3, -0.25) is 9.59 Å². The Balaban J connectivity index is 1.82. The van der Waals surface area contributed by atoms with Crippen LogP contribution in [0.2, 0.25) is 0 Å². The maximum absolute atomic E-state index is 12.2. The smallest absolute Gasteiger partial charge is 0.303 e. The van der Waals surface area contributed by atoms with Crippen LogP contribution in [0, 0.1) is 11.8 Å². The molecule has 1 aromatic carbocycles. The van der Waals surface area contributed by atoms with Crippen molar-refractivity contribution in [2.75, 3.05) is 6.61 Å². The number of rotatable bonds is 11. The number of ketones is 1. The summed E-state index contributed by atoms with van der Waals surface area (Å²) < 4.78 is 5.49. The van der Waals surface area contributed by atoms with Crippen LogP contribution in [-0.4, -0.2) is 45.9 Å². The molecule has 0 spiro atoms. The monoisotopic (exact) mass is 388 g/mol. The molecule has 1 aliphatic carbocycles. The van der Waals surface area contributed by atoms with E-state index in [4.69, 9.17) is 9.84 Å². The van der Waals surface area contributed by atoms with Gasteiger partial charge < -0.3 is 20.1 Å². The van der Waals surface area contributed by atoms with E-state index in [1.165, 1.54) is 0 Å². The number of carboxylic acid groups (broad SMARTS) is 1. The largest absolute Gasteiger partial charge is 0.491 e. The number of aliphatic carboxylic acids is 1. The second kappa shape index (κ2) is 11.4. The van der Waals surface area contributed by atoms with Gasteiger partial charge in [-0.15, -0.1) is 0 Å². The maximum atomic E-state index is 12.2. The van der Waals surface area contributed by atoms with Gasteiger partial charge in [-0.1, -0.05) is 42.5 Å². The molecule has 6 nitrogen and oxygen atoms in total. The van der Waals surface area contributed by atoms with E-state index in [-0.39, 0.29) is 37.1 Å². The molecule has 28 heavy (non-hydrogen) atoms. The maximum Gasteiger partial charge on any atom is 0.303 e. The van der Waals surface area contributed by atoms with Gasteiger partial charge in [-0.05, 0) is 31.4 Å². The van der Waals surface area contributed by atoms with Gasteiger partial charge in [0, 0.05) is 24.7 Å². The first kappa shape index (κ1) is 21.9. The first-order valence-corrected chi connectivity index (χ1v) is 9.59. The number of carboxylic acids is 1. The minimum Gasteiger partial charge on any atom is -0.491 e. The van der Waals surface area contributed by atoms with Crippen molar-refractivity contribution in [2.45, 2.75) is 44.3 Å².